The molecule has 1 rings (SSSR count). The van der Waals surface area contributed by atoms with Crippen molar-refractivity contribution in [2.75, 3.05) is 0 Å². The molecule has 0 N–H and O–H groups in total. The molecule has 3 heteroatoms. The van der Waals surface area contributed by atoms with Crippen LogP contribution in [0.2, 0.25) is 0 Å². The average molecular weight is 210 g/mol. The van der Waals surface area contributed by atoms with Gasteiger partial charge in [0.25, 0.3) is 0 Å². The van der Waals surface area contributed by atoms with Crippen molar-refractivity contribution in [3.8, 4) is 0 Å². The van der Waals surface area contributed by atoms with Gasteiger partial charge >= 0.3 is 5.97 Å². The predicted molar refractivity (Wildman–Crippen MR) is 62.5 cm³/mol. The Morgan fingerprint density at radius 3 is 2.50 bits per heavy atom. The van der Waals surface area contributed by atoms with Crippen LogP contribution in [0, 0.1) is 0 Å². The van der Waals surface area contributed by atoms with E-state index in [1.165, 1.54) is 0 Å². The second kappa shape index (κ2) is 7.32. The van der Waals surface area contributed by atoms with E-state index in [2.05, 4.69) is 0 Å². The Kier molecular flexibility index (Phi) is 6.75. The molecule has 0 saturated heterocycles. The highest BCUT2D eigenvalue weighted by molar-refractivity contribution is 5.75. The molecule has 0 aromatic heterocycles. The number of esters is 1. The van der Waals surface area contributed by atoms with E-state index in [0.29, 0.717) is 13.0 Å². The van der Waals surface area contributed by atoms with Crippen LogP contribution in [0.25, 0.3) is 0 Å². The van der Waals surface area contributed by atoms with E-state index in [-0.39, 0.29) is 16.9 Å². The fraction of sp³-hybridized carbons (Fsp3) is 0.364. The van der Waals surface area contributed by atoms with E-state index in [0.717, 1.165) is 12.0 Å². The Bertz CT molecular complexity index is 259. The molecule has 0 saturated carbocycles. The van der Waals surface area contributed by atoms with Gasteiger partial charge in [0.1, 0.15) is 6.61 Å². The number of benzene rings is 1. The average Bonchev–Trinajstić information content (AvgIpc) is 2.17. The third-order valence-electron chi connectivity index (χ3n) is 1.70. The minimum atomic E-state index is -0.119. The van der Waals surface area contributed by atoms with E-state index in [1.807, 2.05) is 37.3 Å². The lowest BCUT2D eigenvalue weighted by molar-refractivity contribution is -0.144. The molecule has 78 valence electrons. The summed E-state index contributed by atoms with van der Waals surface area (Å²) in [5.74, 6) is -0.119. The number of ether oxygens (including phenoxy) is 1. The maximum atomic E-state index is 11.0. The van der Waals surface area contributed by atoms with E-state index in [4.69, 9.17) is 4.74 Å². The van der Waals surface area contributed by atoms with Crippen molar-refractivity contribution >= 4 is 16.9 Å². The van der Waals surface area contributed by atoms with Gasteiger partial charge in [0, 0.05) is 6.42 Å². The predicted octanol–water partition coefficient (Wildman–Crippen LogP) is 1.08. The first kappa shape index (κ1) is 12.9. The molecule has 0 fully saturated rings. The minimum absolute atomic E-state index is 0. The van der Waals surface area contributed by atoms with Gasteiger partial charge in [0.15, 0.2) is 0 Å². The summed E-state index contributed by atoms with van der Waals surface area (Å²) in [5, 5.41) is 0. The third kappa shape index (κ3) is 4.82. The Morgan fingerprint density at radius 1 is 1.29 bits per heavy atom. The third-order valence-corrected chi connectivity index (χ3v) is 1.70. The summed E-state index contributed by atoms with van der Waals surface area (Å²) in [6.45, 7) is 2.35. The van der Waals surface area contributed by atoms with Crippen LogP contribution in [0.5, 0.6) is 0 Å². The Labute approximate surface area is 89.3 Å². The molecular formula is C11H18O2Si. The standard InChI is InChI=1S/C11H14O2.H4Si/c1-2-6-11(12)13-9-10-7-4-3-5-8-10;/h3-5,7-8H,2,6,9H2,1H3;1H4. The highest BCUT2D eigenvalue weighted by atomic mass is 28.1. The van der Waals surface area contributed by atoms with E-state index >= 15 is 0 Å². The molecule has 1 aromatic carbocycles. The maximum absolute atomic E-state index is 11.0. The Balaban J connectivity index is 0.00000169. The molecule has 0 radical (unpaired) electrons. The molecule has 0 aliphatic carbocycles. The monoisotopic (exact) mass is 210 g/mol. The van der Waals surface area contributed by atoms with E-state index in [9.17, 15) is 4.79 Å². The number of rotatable bonds is 4. The van der Waals surface area contributed by atoms with Crippen molar-refractivity contribution < 1.29 is 9.53 Å². The van der Waals surface area contributed by atoms with Gasteiger partial charge in [0.05, 0.1) is 0 Å². The SMILES string of the molecule is CCCC(=O)OCc1ccccc1.[SiH4]. The zero-order chi connectivity index (χ0) is 9.52. The van der Waals surface area contributed by atoms with Crippen molar-refractivity contribution in [1.82, 2.24) is 0 Å². The van der Waals surface area contributed by atoms with Gasteiger partial charge in [-0.25, -0.2) is 0 Å². The lowest BCUT2D eigenvalue weighted by Crippen LogP contribution is -2.03. The van der Waals surface area contributed by atoms with Gasteiger partial charge in [-0.3, -0.25) is 4.79 Å². The number of hydrogen-bond acceptors (Lipinski definition) is 2. The van der Waals surface area contributed by atoms with Crippen LogP contribution in [-0.4, -0.2) is 16.9 Å². The number of carbonyl (C=O) groups is 1. The van der Waals surface area contributed by atoms with Gasteiger partial charge in [0.2, 0.25) is 0 Å². The first-order valence-corrected chi connectivity index (χ1v) is 4.52. The summed E-state index contributed by atoms with van der Waals surface area (Å²) in [6, 6.07) is 9.70. The molecule has 0 heterocycles. The Morgan fingerprint density at radius 2 is 1.93 bits per heavy atom. The first-order valence-electron chi connectivity index (χ1n) is 4.52. The van der Waals surface area contributed by atoms with Crippen molar-refractivity contribution in [2.24, 2.45) is 0 Å². The highest BCUT2D eigenvalue weighted by Gasteiger charge is 2.00. The van der Waals surface area contributed by atoms with Crippen molar-refractivity contribution in [1.29, 1.82) is 0 Å². The highest BCUT2D eigenvalue weighted by Crippen LogP contribution is 2.02. The van der Waals surface area contributed by atoms with Crippen molar-refractivity contribution in [3.63, 3.8) is 0 Å². The fourth-order valence-electron chi connectivity index (χ4n) is 1.01. The number of carbonyl (C=O) groups excluding carboxylic acids is 1. The maximum Gasteiger partial charge on any atom is 0.306 e. The minimum Gasteiger partial charge on any atom is -0.461 e. The molecule has 0 atom stereocenters. The van der Waals surface area contributed by atoms with Crippen LogP contribution in [0.15, 0.2) is 30.3 Å². The fourth-order valence-corrected chi connectivity index (χ4v) is 1.01. The molecule has 1 aromatic rings. The molecule has 0 spiro atoms. The zero-order valence-electron chi connectivity index (χ0n) is 7.82. The number of hydrogen-bond donors (Lipinski definition) is 0. The summed E-state index contributed by atoms with van der Waals surface area (Å²) in [6.07, 6.45) is 1.35. The first-order chi connectivity index (χ1) is 6.33. The van der Waals surface area contributed by atoms with Gasteiger partial charge in [-0.05, 0) is 22.9 Å². The van der Waals surface area contributed by atoms with Gasteiger partial charge in [-0.2, -0.15) is 0 Å². The molecule has 0 unspecified atom stereocenters. The quantitative estimate of drug-likeness (QED) is 0.549. The summed E-state index contributed by atoms with van der Waals surface area (Å²) in [4.78, 5) is 11.0. The lowest BCUT2D eigenvalue weighted by atomic mass is 10.2. The molecule has 0 bridgehead atoms. The smallest absolute Gasteiger partial charge is 0.306 e. The molecular weight excluding hydrogens is 192 g/mol. The van der Waals surface area contributed by atoms with E-state index < -0.39 is 0 Å². The van der Waals surface area contributed by atoms with Gasteiger partial charge in [-0.15, -0.1) is 0 Å². The topological polar surface area (TPSA) is 26.3 Å². The molecule has 0 amide bonds. The largest absolute Gasteiger partial charge is 0.461 e. The summed E-state index contributed by atoms with van der Waals surface area (Å²) >= 11 is 0. The van der Waals surface area contributed by atoms with Crippen LogP contribution in [0.3, 0.4) is 0 Å². The molecule has 0 aliphatic rings. The second-order valence-electron chi connectivity index (χ2n) is 2.90. The van der Waals surface area contributed by atoms with Gasteiger partial charge < -0.3 is 4.74 Å². The van der Waals surface area contributed by atoms with Crippen molar-refractivity contribution in [2.45, 2.75) is 26.4 Å². The molecule has 2 nitrogen and oxygen atoms in total. The molecule has 14 heavy (non-hydrogen) atoms. The lowest BCUT2D eigenvalue weighted by Gasteiger charge is -2.02. The summed E-state index contributed by atoms with van der Waals surface area (Å²) in [5.41, 5.74) is 1.03. The Hall–Kier alpha value is -1.09. The normalized spacial score (nSPS) is 8.93. The summed E-state index contributed by atoms with van der Waals surface area (Å²) < 4.78 is 5.03. The van der Waals surface area contributed by atoms with Crippen LogP contribution >= 0.6 is 0 Å². The van der Waals surface area contributed by atoms with Gasteiger partial charge in [-0.1, -0.05) is 37.3 Å². The zero-order valence-corrected chi connectivity index (χ0v) is 7.82. The summed E-state index contributed by atoms with van der Waals surface area (Å²) in [7, 11) is 0. The molecule has 0 aliphatic heterocycles. The van der Waals surface area contributed by atoms with Crippen LogP contribution in [-0.2, 0) is 16.1 Å². The van der Waals surface area contributed by atoms with Crippen LogP contribution in [0.1, 0.15) is 25.3 Å². The van der Waals surface area contributed by atoms with Crippen molar-refractivity contribution in [3.05, 3.63) is 35.9 Å². The van der Waals surface area contributed by atoms with E-state index in [1.54, 1.807) is 0 Å². The second-order valence-corrected chi connectivity index (χ2v) is 2.90. The van der Waals surface area contributed by atoms with Crippen LogP contribution < -0.4 is 0 Å². The van der Waals surface area contributed by atoms with Crippen LogP contribution in [0.4, 0.5) is 0 Å².